The fraction of sp³-hybridized carbons (Fsp3) is 0.0526. The Balaban J connectivity index is 1.56. The van der Waals surface area contributed by atoms with Crippen molar-refractivity contribution in [3.05, 3.63) is 76.7 Å². The zero-order valence-corrected chi connectivity index (χ0v) is 14.4. The molecular weight excluding hydrogens is 355 g/mol. The standard InChI is InChI=1S/C19H15FN2O3S/c20-13-4-1-7-16(10-13)25-12-18(23)21-14-5-2-6-15(11-14)22-19(24)17-8-3-9-26-17/h1-11H,12H2,(H,21,23)(H,22,24). The van der Waals surface area contributed by atoms with Gasteiger partial charge in [0.25, 0.3) is 11.8 Å². The van der Waals surface area contributed by atoms with Crippen LogP contribution in [0.1, 0.15) is 9.67 Å². The first kappa shape index (κ1) is 17.6. The van der Waals surface area contributed by atoms with Crippen LogP contribution in [0, 0.1) is 5.82 Å². The van der Waals surface area contributed by atoms with Crippen LogP contribution in [0.4, 0.5) is 15.8 Å². The second-order valence-corrected chi connectivity index (χ2v) is 6.25. The number of nitrogens with one attached hydrogen (secondary N) is 2. The number of hydrogen-bond donors (Lipinski definition) is 2. The van der Waals surface area contributed by atoms with E-state index in [2.05, 4.69) is 10.6 Å². The summed E-state index contributed by atoms with van der Waals surface area (Å²) in [5.74, 6) is -0.761. The van der Waals surface area contributed by atoms with Crippen molar-refractivity contribution in [2.24, 2.45) is 0 Å². The van der Waals surface area contributed by atoms with Crippen molar-refractivity contribution in [3.63, 3.8) is 0 Å². The maximum absolute atomic E-state index is 13.1. The number of carbonyl (C=O) groups is 2. The molecule has 2 aromatic carbocycles. The highest BCUT2D eigenvalue weighted by molar-refractivity contribution is 7.12. The van der Waals surface area contributed by atoms with Crippen LogP contribution in [-0.2, 0) is 4.79 Å². The van der Waals surface area contributed by atoms with Crippen LogP contribution in [0.15, 0.2) is 66.0 Å². The molecule has 3 aromatic rings. The Hall–Kier alpha value is -3.19. The second kappa shape index (κ2) is 8.26. The Morgan fingerprint density at radius 1 is 0.962 bits per heavy atom. The lowest BCUT2D eigenvalue weighted by Gasteiger charge is -2.09. The van der Waals surface area contributed by atoms with E-state index < -0.39 is 11.7 Å². The molecule has 0 saturated carbocycles. The van der Waals surface area contributed by atoms with E-state index >= 15 is 0 Å². The molecule has 26 heavy (non-hydrogen) atoms. The van der Waals surface area contributed by atoms with Crippen LogP contribution in [0.25, 0.3) is 0 Å². The summed E-state index contributed by atoms with van der Waals surface area (Å²) < 4.78 is 18.3. The Labute approximate surface area is 153 Å². The molecule has 0 fully saturated rings. The first-order valence-corrected chi connectivity index (χ1v) is 8.61. The van der Waals surface area contributed by atoms with Gasteiger partial charge in [-0.1, -0.05) is 18.2 Å². The van der Waals surface area contributed by atoms with Gasteiger partial charge in [0, 0.05) is 17.4 Å². The Kier molecular flexibility index (Phi) is 5.60. The van der Waals surface area contributed by atoms with Gasteiger partial charge in [-0.2, -0.15) is 0 Å². The Morgan fingerprint density at radius 2 is 1.73 bits per heavy atom. The average Bonchev–Trinajstić information content (AvgIpc) is 3.15. The minimum atomic E-state index is -0.433. The molecule has 0 unspecified atom stereocenters. The van der Waals surface area contributed by atoms with E-state index in [1.54, 1.807) is 42.5 Å². The van der Waals surface area contributed by atoms with Crippen molar-refractivity contribution in [2.75, 3.05) is 17.2 Å². The number of anilines is 2. The third-order valence-electron chi connectivity index (χ3n) is 3.32. The Bertz CT molecular complexity index is 913. The number of hydrogen-bond acceptors (Lipinski definition) is 4. The normalized spacial score (nSPS) is 10.2. The van der Waals surface area contributed by atoms with E-state index in [0.717, 1.165) is 0 Å². The first-order chi connectivity index (χ1) is 12.6. The third-order valence-corrected chi connectivity index (χ3v) is 4.18. The molecule has 7 heteroatoms. The van der Waals surface area contributed by atoms with Crippen molar-refractivity contribution < 1.29 is 18.7 Å². The molecule has 1 heterocycles. The smallest absolute Gasteiger partial charge is 0.265 e. The quantitative estimate of drug-likeness (QED) is 0.685. The van der Waals surface area contributed by atoms with Gasteiger partial charge in [0.15, 0.2) is 6.61 Å². The van der Waals surface area contributed by atoms with E-state index in [9.17, 15) is 14.0 Å². The molecule has 0 spiro atoms. The highest BCUT2D eigenvalue weighted by Gasteiger charge is 2.08. The summed E-state index contributed by atoms with van der Waals surface area (Å²) in [5, 5.41) is 7.26. The zero-order chi connectivity index (χ0) is 18.4. The number of thiophene rings is 1. The molecule has 3 rings (SSSR count). The molecule has 5 nitrogen and oxygen atoms in total. The highest BCUT2D eigenvalue weighted by atomic mass is 32.1. The lowest BCUT2D eigenvalue weighted by atomic mass is 10.2. The van der Waals surface area contributed by atoms with E-state index in [1.807, 2.05) is 5.38 Å². The Morgan fingerprint density at radius 3 is 2.46 bits per heavy atom. The summed E-state index contributed by atoms with van der Waals surface area (Å²) >= 11 is 1.35. The van der Waals surface area contributed by atoms with E-state index in [-0.39, 0.29) is 18.3 Å². The fourth-order valence-electron chi connectivity index (χ4n) is 2.18. The second-order valence-electron chi connectivity index (χ2n) is 5.31. The minimum Gasteiger partial charge on any atom is -0.484 e. The van der Waals surface area contributed by atoms with Gasteiger partial charge in [-0.15, -0.1) is 11.3 Å². The SMILES string of the molecule is O=C(COc1cccc(F)c1)Nc1cccc(NC(=O)c2cccs2)c1. The number of benzene rings is 2. The van der Waals surface area contributed by atoms with Gasteiger partial charge < -0.3 is 15.4 Å². The minimum absolute atomic E-state index is 0.210. The lowest BCUT2D eigenvalue weighted by molar-refractivity contribution is -0.118. The summed E-state index contributed by atoms with van der Waals surface area (Å²) in [5.41, 5.74) is 1.08. The molecular formula is C19H15FN2O3S. The molecule has 0 saturated heterocycles. The van der Waals surface area contributed by atoms with Gasteiger partial charge in [0.1, 0.15) is 11.6 Å². The van der Waals surface area contributed by atoms with Crippen molar-refractivity contribution in [1.82, 2.24) is 0 Å². The summed E-state index contributed by atoms with van der Waals surface area (Å²) in [6.07, 6.45) is 0. The van der Waals surface area contributed by atoms with Crippen molar-refractivity contribution in [3.8, 4) is 5.75 Å². The molecule has 0 aliphatic heterocycles. The predicted molar refractivity (Wildman–Crippen MR) is 99.2 cm³/mol. The molecule has 2 N–H and O–H groups in total. The number of amides is 2. The van der Waals surface area contributed by atoms with Crippen LogP contribution >= 0.6 is 11.3 Å². The van der Waals surface area contributed by atoms with E-state index in [1.165, 1.54) is 29.5 Å². The molecule has 132 valence electrons. The van der Waals surface area contributed by atoms with Gasteiger partial charge >= 0.3 is 0 Å². The summed E-state index contributed by atoms with van der Waals surface area (Å²) in [7, 11) is 0. The van der Waals surface area contributed by atoms with Crippen LogP contribution < -0.4 is 15.4 Å². The lowest BCUT2D eigenvalue weighted by Crippen LogP contribution is -2.20. The van der Waals surface area contributed by atoms with Gasteiger partial charge in [-0.05, 0) is 41.8 Å². The summed E-state index contributed by atoms with van der Waals surface area (Å²) in [6.45, 7) is -0.255. The molecule has 1 aromatic heterocycles. The topological polar surface area (TPSA) is 67.4 Å². The fourth-order valence-corrected chi connectivity index (χ4v) is 2.80. The first-order valence-electron chi connectivity index (χ1n) is 7.73. The molecule has 0 atom stereocenters. The van der Waals surface area contributed by atoms with Gasteiger partial charge in [-0.25, -0.2) is 4.39 Å². The molecule has 0 aliphatic rings. The summed E-state index contributed by atoms with van der Waals surface area (Å²) in [4.78, 5) is 24.6. The molecule has 0 aliphatic carbocycles. The maximum Gasteiger partial charge on any atom is 0.265 e. The summed E-state index contributed by atoms with van der Waals surface area (Å²) in [6, 6.07) is 15.9. The third kappa shape index (κ3) is 4.90. The van der Waals surface area contributed by atoms with Gasteiger partial charge in [0.05, 0.1) is 4.88 Å². The monoisotopic (exact) mass is 370 g/mol. The number of carbonyl (C=O) groups excluding carboxylic acids is 2. The van der Waals surface area contributed by atoms with Crippen molar-refractivity contribution >= 4 is 34.5 Å². The van der Waals surface area contributed by atoms with Crippen LogP contribution in [0.2, 0.25) is 0 Å². The van der Waals surface area contributed by atoms with Crippen molar-refractivity contribution in [1.29, 1.82) is 0 Å². The van der Waals surface area contributed by atoms with Crippen LogP contribution in [0.3, 0.4) is 0 Å². The molecule has 0 radical (unpaired) electrons. The number of rotatable bonds is 6. The van der Waals surface area contributed by atoms with Crippen LogP contribution in [0.5, 0.6) is 5.75 Å². The van der Waals surface area contributed by atoms with E-state index in [4.69, 9.17) is 4.74 Å². The van der Waals surface area contributed by atoms with Crippen LogP contribution in [-0.4, -0.2) is 18.4 Å². The molecule has 0 bridgehead atoms. The largest absolute Gasteiger partial charge is 0.484 e. The zero-order valence-electron chi connectivity index (χ0n) is 13.6. The highest BCUT2D eigenvalue weighted by Crippen LogP contribution is 2.18. The van der Waals surface area contributed by atoms with Gasteiger partial charge in [0.2, 0.25) is 0 Å². The maximum atomic E-state index is 13.1. The predicted octanol–water partition coefficient (Wildman–Crippen LogP) is 4.16. The molecule has 2 amide bonds. The van der Waals surface area contributed by atoms with Crippen molar-refractivity contribution in [2.45, 2.75) is 0 Å². The van der Waals surface area contributed by atoms with E-state index in [0.29, 0.717) is 16.3 Å². The number of halogens is 1. The average molecular weight is 370 g/mol. The van der Waals surface area contributed by atoms with Gasteiger partial charge in [-0.3, -0.25) is 9.59 Å². The number of ether oxygens (including phenoxy) is 1.